The highest BCUT2D eigenvalue weighted by Crippen LogP contribution is 2.37. The molecule has 1 aliphatic rings. The van der Waals surface area contributed by atoms with E-state index in [0.717, 1.165) is 46.9 Å². The number of thiazole rings is 1. The number of aromatic nitrogens is 5. The summed E-state index contributed by atoms with van der Waals surface area (Å²) in [5.74, 6) is 0.742. The second-order valence-electron chi connectivity index (χ2n) is 6.07. The number of para-hydroxylation sites is 1. The van der Waals surface area contributed by atoms with Gasteiger partial charge in [0.2, 0.25) is 0 Å². The zero-order valence-electron chi connectivity index (χ0n) is 13.5. The lowest BCUT2D eigenvalue weighted by atomic mass is 10.2. The van der Waals surface area contributed by atoms with E-state index in [1.54, 1.807) is 11.3 Å². The summed E-state index contributed by atoms with van der Waals surface area (Å²) in [7, 11) is 0. The van der Waals surface area contributed by atoms with Crippen molar-refractivity contribution in [3.63, 3.8) is 0 Å². The second kappa shape index (κ2) is 6.66. The van der Waals surface area contributed by atoms with Gasteiger partial charge in [0.25, 0.3) is 0 Å². The van der Waals surface area contributed by atoms with Crippen molar-refractivity contribution >= 4 is 66.9 Å². The first kappa shape index (κ1) is 16.8. The SMILES string of the molecule is Clc1nc(I)nc2c1nc(-c1nc3ccccc3s1)n2C1CCCCO1. The van der Waals surface area contributed by atoms with E-state index in [1.807, 2.05) is 22.8 Å². The number of fused-ring (bicyclic) bond motifs is 2. The fourth-order valence-corrected chi connectivity index (χ4v) is 5.01. The topological polar surface area (TPSA) is 65.7 Å². The highest BCUT2D eigenvalue weighted by molar-refractivity contribution is 14.1. The predicted octanol–water partition coefficient (Wildman–Crippen LogP) is 5.06. The monoisotopic (exact) mass is 497 g/mol. The lowest BCUT2D eigenvalue weighted by Gasteiger charge is -2.25. The lowest BCUT2D eigenvalue weighted by molar-refractivity contribution is -0.0287. The number of halogens is 2. The molecule has 1 fully saturated rings. The number of ether oxygens (including phenoxy) is 1. The van der Waals surface area contributed by atoms with Crippen molar-refractivity contribution in [2.75, 3.05) is 6.61 Å². The number of hydrogen-bond donors (Lipinski definition) is 0. The zero-order chi connectivity index (χ0) is 17.7. The molecule has 3 aromatic heterocycles. The van der Waals surface area contributed by atoms with Gasteiger partial charge < -0.3 is 4.74 Å². The van der Waals surface area contributed by atoms with Gasteiger partial charge in [0.1, 0.15) is 11.7 Å². The second-order valence-corrected chi connectivity index (χ2v) is 8.42. The molecule has 0 radical (unpaired) electrons. The van der Waals surface area contributed by atoms with E-state index in [9.17, 15) is 0 Å². The maximum atomic E-state index is 6.36. The summed E-state index contributed by atoms with van der Waals surface area (Å²) in [5.41, 5.74) is 2.26. The number of rotatable bonds is 2. The summed E-state index contributed by atoms with van der Waals surface area (Å²) in [5, 5.41) is 1.20. The molecule has 132 valence electrons. The van der Waals surface area contributed by atoms with Crippen LogP contribution in [0.1, 0.15) is 25.5 Å². The Kier molecular flexibility index (Phi) is 4.30. The average Bonchev–Trinajstić information content (AvgIpc) is 3.23. The third kappa shape index (κ3) is 2.79. The van der Waals surface area contributed by atoms with Gasteiger partial charge in [-0.3, -0.25) is 4.57 Å². The van der Waals surface area contributed by atoms with Crippen LogP contribution in [0.5, 0.6) is 0 Å². The van der Waals surface area contributed by atoms with E-state index in [1.165, 1.54) is 0 Å². The number of imidazole rings is 1. The van der Waals surface area contributed by atoms with Crippen molar-refractivity contribution < 1.29 is 4.74 Å². The van der Waals surface area contributed by atoms with Gasteiger partial charge in [-0.25, -0.2) is 19.9 Å². The maximum Gasteiger partial charge on any atom is 0.194 e. The molecule has 0 spiro atoms. The van der Waals surface area contributed by atoms with Crippen LogP contribution in [0.25, 0.3) is 32.2 Å². The van der Waals surface area contributed by atoms with Crippen LogP contribution < -0.4 is 0 Å². The standard InChI is InChI=1S/C17H13ClIN5OS/c18-13-12-14(23-17(19)22-13)24(11-7-3-4-8-25-11)15(21-12)16-20-9-5-1-2-6-10(9)26-16/h1-2,5-6,11H,3-4,7-8H2. The maximum absolute atomic E-state index is 6.36. The molecule has 0 N–H and O–H groups in total. The molecule has 26 heavy (non-hydrogen) atoms. The van der Waals surface area contributed by atoms with Crippen molar-refractivity contribution in [1.82, 2.24) is 24.5 Å². The van der Waals surface area contributed by atoms with E-state index in [2.05, 4.69) is 38.6 Å². The normalized spacial score (nSPS) is 18.0. The molecule has 0 aliphatic carbocycles. The Balaban J connectivity index is 1.78. The van der Waals surface area contributed by atoms with Gasteiger partial charge >= 0.3 is 0 Å². The van der Waals surface area contributed by atoms with E-state index in [-0.39, 0.29) is 6.23 Å². The fraction of sp³-hybridized carbons (Fsp3) is 0.294. The van der Waals surface area contributed by atoms with E-state index in [4.69, 9.17) is 26.3 Å². The van der Waals surface area contributed by atoms with E-state index >= 15 is 0 Å². The smallest absolute Gasteiger partial charge is 0.194 e. The molecular formula is C17H13ClIN5OS. The first-order valence-corrected chi connectivity index (χ1v) is 10.6. The van der Waals surface area contributed by atoms with Crippen LogP contribution in [0, 0.1) is 3.83 Å². The summed E-state index contributed by atoms with van der Waals surface area (Å²) in [6, 6.07) is 8.08. The molecule has 1 atom stereocenters. The molecule has 4 heterocycles. The van der Waals surface area contributed by atoms with E-state index in [0.29, 0.717) is 20.1 Å². The van der Waals surface area contributed by atoms with Gasteiger partial charge in [0.15, 0.2) is 25.5 Å². The lowest BCUT2D eigenvalue weighted by Crippen LogP contribution is -2.19. The minimum absolute atomic E-state index is 0.113. The highest BCUT2D eigenvalue weighted by atomic mass is 127. The summed E-state index contributed by atoms with van der Waals surface area (Å²) in [6.07, 6.45) is 2.99. The summed E-state index contributed by atoms with van der Waals surface area (Å²) in [4.78, 5) is 18.4. The average molecular weight is 498 g/mol. The third-order valence-electron chi connectivity index (χ3n) is 4.40. The van der Waals surface area contributed by atoms with Crippen LogP contribution in [-0.2, 0) is 4.74 Å². The highest BCUT2D eigenvalue weighted by Gasteiger charge is 2.27. The Morgan fingerprint density at radius 1 is 1.15 bits per heavy atom. The first-order valence-electron chi connectivity index (χ1n) is 8.29. The third-order valence-corrected chi connectivity index (χ3v) is 6.18. The van der Waals surface area contributed by atoms with Gasteiger partial charge in [-0.05, 0) is 31.4 Å². The van der Waals surface area contributed by atoms with Crippen LogP contribution in [0.15, 0.2) is 24.3 Å². The van der Waals surface area contributed by atoms with Gasteiger partial charge in [-0.2, -0.15) is 0 Å². The largest absolute Gasteiger partial charge is 0.358 e. The Morgan fingerprint density at radius 3 is 2.85 bits per heavy atom. The van der Waals surface area contributed by atoms with Gasteiger partial charge in [0, 0.05) is 29.2 Å². The summed E-state index contributed by atoms with van der Waals surface area (Å²) >= 11 is 10.0. The molecule has 0 amide bonds. The van der Waals surface area contributed by atoms with Crippen LogP contribution in [-0.4, -0.2) is 31.1 Å². The number of benzene rings is 1. The number of hydrogen-bond acceptors (Lipinski definition) is 6. The van der Waals surface area contributed by atoms with Crippen molar-refractivity contribution in [2.45, 2.75) is 25.5 Å². The quantitative estimate of drug-likeness (QED) is 0.220. The minimum atomic E-state index is -0.113. The molecule has 1 aliphatic heterocycles. The molecular weight excluding hydrogens is 485 g/mol. The van der Waals surface area contributed by atoms with Crippen molar-refractivity contribution in [3.8, 4) is 10.8 Å². The fourth-order valence-electron chi connectivity index (χ4n) is 3.23. The molecule has 5 rings (SSSR count). The van der Waals surface area contributed by atoms with Crippen LogP contribution in [0.2, 0.25) is 5.15 Å². The van der Waals surface area contributed by atoms with Gasteiger partial charge in [-0.1, -0.05) is 23.7 Å². The molecule has 1 aromatic carbocycles. The molecule has 4 aromatic rings. The molecule has 1 unspecified atom stereocenters. The van der Waals surface area contributed by atoms with Gasteiger partial charge in [-0.15, -0.1) is 11.3 Å². The van der Waals surface area contributed by atoms with Crippen LogP contribution in [0.3, 0.4) is 0 Å². The molecule has 1 saturated heterocycles. The Labute approximate surface area is 171 Å². The van der Waals surface area contributed by atoms with Crippen LogP contribution >= 0.6 is 45.5 Å². The molecule has 0 saturated carbocycles. The molecule has 6 nitrogen and oxygen atoms in total. The summed E-state index contributed by atoms with van der Waals surface area (Å²) in [6.45, 7) is 0.736. The Morgan fingerprint density at radius 2 is 2.04 bits per heavy atom. The zero-order valence-corrected chi connectivity index (χ0v) is 17.3. The molecule has 9 heteroatoms. The molecule has 0 bridgehead atoms. The Hall–Kier alpha value is -1.36. The van der Waals surface area contributed by atoms with Crippen molar-refractivity contribution in [3.05, 3.63) is 33.2 Å². The van der Waals surface area contributed by atoms with Gasteiger partial charge in [0.05, 0.1) is 10.2 Å². The van der Waals surface area contributed by atoms with Crippen LogP contribution in [0.4, 0.5) is 0 Å². The minimum Gasteiger partial charge on any atom is -0.358 e. The van der Waals surface area contributed by atoms with E-state index < -0.39 is 0 Å². The summed E-state index contributed by atoms with van der Waals surface area (Å²) < 4.78 is 9.80. The first-order chi connectivity index (χ1) is 12.7. The Bertz CT molecular complexity index is 1090. The van der Waals surface area contributed by atoms with Crippen molar-refractivity contribution in [1.29, 1.82) is 0 Å². The predicted molar refractivity (Wildman–Crippen MR) is 111 cm³/mol. The van der Waals surface area contributed by atoms with Crippen molar-refractivity contribution in [2.24, 2.45) is 0 Å². The number of nitrogens with zero attached hydrogens (tertiary/aromatic N) is 5.